The number of piperidine rings is 1. The highest BCUT2D eigenvalue weighted by Crippen LogP contribution is 2.32. The Morgan fingerprint density at radius 3 is 2.52 bits per heavy atom. The molecule has 1 aliphatic heterocycles. The van der Waals surface area contributed by atoms with Gasteiger partial charge in [0.05, 0.1) is 19.8 Å². The molecule has 1 aromatic rings. The van der Waals surface area contributed by atoms with E-state index >= 15 is 0 Å². The first-order chi connectivity index (χ1) is 10.7. The summed E-state index contributed by atoms with van der Waals surface area (Å²) in [5.74, 6) is 1.86. The number of halogens is 1. The van der Waals surface area contributed by atoms with E-state index in [4.69, 9.17) is 9.47 Å². The summed E-state index contributed by atoms with van der Waals surface area (Å²) in [6.45, 7) is 2.67. The molecule has 0 radical (unpaired) electrons. The van der Waals surface area contributed by atoms with Gasteiger partial charge in [-0.1, -0.05) is 6.07 Å². The molecule has 0 aliphatic carbocycles. The molecule has 6 heteroatoms. The maximum Gasteiger partial charge on any atom is 0.257 e. The largest absolute Gasteiger partial charge is 0.493 e. The number of para-hydroxylation sites is 1. The summed E-state index contributed by atoms with van der Waals surface area (Å²) in [7, 11) is 5.13. The summed E-state index contributed by atoms with van der Waals surface area (Å²) in [4.78, 5) is 14.7. The molecule has 0 saturated carbocycles. The molecule has 0 aromatic heterocycles. The molecule has 2 rings (SSSR count). The van der Waals surface area contributed by atoms with E-state index in [0.717, 1.165) is 32.5 Å². The van der Waals surface area contributed by atoms with Crippen LogP contribution in [0.4, 0.5) is 0 Å². The fourth-order valence-corrected chi connectivity index (χ4v) is 3.00. The van der Waals surface area contributed by atoms with Crippen molar-refractivity contribution >= 4 is 18.3 Å². The van der Waals surface area contributed by atoms with Crippen LogP contribution < -0.4 is 14.8 Å². The van der Waals surface area contributed by atoms with Gasteiger partial charge in [0, 0.05) is 13.1 Å². The van der Waals surface area contributed by atoms with Crippen LogP contribution in [-0.4, -0.2) is 51.7 Å². The van der Waals surface area contributed by atoms with E-state index in [1.165, 1.54) is 6.42 Å². The minimum Gasteiger partial charge on any atom is -0.493 e. The number of benzene rings is 1. The van der Waals surface area contributed by atoms with E-state index < -0.39 is 0 Å². The van der Waals surface area contributed by atoms with E-state index in [1.54, 1.807) is 26.4 Å². The first-order valence-corrected chi connectivity index (χ1v) is 7.86. The molecule has 0 unspecified atom stereocenters. The van der Waals surface area contributed by atoms with Crippen LogP contribution in [0.5, 0.6) is 11.5 Å². The first-order valence-electron chi connectivity index (χ1n) is 7.86. The smallest absolute Gasteiger partial charge is 0.257 e. The summed E-state index contributed by atoms with van der Waals surface area (Å²) < 4.78 is 10.6. The number of rotatable bonds is 6. The van der Waals surface area contributed by atoms with Crippen LogP contribution in [0.15, 0.2) is 18.2 Å². The molecular weight excluding hydrogens is 316 g/mol. The Bertz CT molecular complexity index is 503. The fourth-order valence-electron chi connectivity index (χ4n) is 3.00. The molecule has 0 bridgehead atoms. The third kappa shape index (κ3) is 4.75. The van der Waals surface area contributed by atoms with Gasteiger partial charge in [0.1, 0.15) is 0 Å². The van der Waals surface area contributed by atoms with Crippen molar-refractivity contribution in [3.8, 4) is 11.5 Å². The molecule has 1 aromatic carbocycles. The molecule has 0 spiro atoms. The summed E-state index contributed by atoms with van der Waals surface area (Å²) in [5, 5.41) is 3.19. The van der Waals surface area contributed by atoms with E-state index in [2.05, 4.69) is 5.32 Å². The number of carbonyl (C=O) groups excluding carboxylic acids is 1. The lowest BCUT2D eigenvalue weighted by atomic mass is 9.93. The van der Waals surface area contributed by atoms with Gasteiger partial charge < -0.3 is 19.7 Å². The Morgan fingerprint density at radius 1 is 1.26 bits per heavy atom. The van der Waals surface area contributed by atoms with Gasteiger partial charge in [0.2, 0.25) is 0 Å². The lowest BCUT2D eigenvalue weighted by Gasteiger charge is -2.32. The van der Waals surface area contributed by atoms with Gasteiger partial charge >= 0.3 is 0 Å². The quantitative estimate of drug-likeness (QED) is 0.863. The Kier molecular flexibility index (Phi) is 8.20. The van der Waals surface area contributed by atoms with Crippen LogP contribution in [0, 0.1) is 5.92 Å². The van der Waals surface area contributed by atoms with Crippen molar-refractivity contribution in [2.75, 3.05) is 40.9 Å². The molecule has 1 amide bonds. The zero-order chi connectivity index (χ0) is 15.9. The number of likely N-dealkylation sites (tertiary alicyclic amines) is 1. The van der Waals surface area contributed by atoms with E-state index in [9.17, 15) is 4.79 Å². The monoisotopic (exact) mass is 342 g/mol. The van der Waals surface area contributed by atoms with Gasteiger partial charge in [0.15, 0.2) is 11.5 Å². The number of amides is 1. The number of hydrogen-bond acceptors (Lipinski definition) is 4. The predicted molar refractivity (Wildman–Crippen MR) is 94.0 cm³/mol. The predicted octanol–water partition coefficient (Wildman–Crippen LogP) is 2.59. The van der Waals surface area contributed by atoms with Gasteiger partial charge in [-0.2, -0.15) is 0 Å². The molecule has 5 nitrogen and oxygen atoms in total. The molecule has 1 saturated heterocycles. The van der Waals surface area contributed by atoms with Crippen LogP contribution >= 0.6 is 12.4 Å². The zero-order valence-electron chi connectivity index (χ0n) is 14.1. The van der Waals surface area contributed by atoms with E-state index in [-0.39, 0.29) is 18.3 Å². The molecule has 1 N–H and O–H groups in total. The molecule has 23 heavy (non-hydrogen) atoms. The summed E-state index contributed by atoms with van der Waals surface area (Å²) in [6.07, 6.45) is 3.32. The highest BCUT2D eigenvalue weighted by molar-refractivity contribution is 5.97. The number of nitrogens with one attached hydrogen (secondary N) is 1. The maximum absolute atomic E-state index is 12.7. The molecule has 1 heterocycles. The van der Waals surface area contributed by atoms with Crippen LogP contribution in [0.3, 0.4) is 0 Å². The average Bonchev–Trinajstić information content (AvgIpc) is 2.58. The van der Waals surface area contributed by atoms with Gasteiger partial charge in [0.25, 0.3) is 5.91 Å². The topological polar surface area (TPSA) is 50.8 Å². The highest BCUT2D eigenvalue weighted by atomic mass is 35.5. The van der Waals surface area contributed by atoms with Crippen molar-refractivity contribution in [3.63, 3.8) is 0 Å². The van der Waals surface area contributed by atoms with Crippen molar-refractivity contribution in [1.82, 2.24) is 10.2 Å². The van der Waals surface area contributed by atoms with E-state index in [0.29, 0.717) is 23.0 Å². The summed E-state index contributed by atoms with van der Waals surface area (Å²) in [5.41, 5.74) is 0.579. The minimum absolute atomic E-state index is 0. The second-order valence-corrected chi connectivity index (χ2v) is 5.67. The van der Waals surface area contributed by atoms with Gasteiger partial charge in [-0.3, -0.25) is 4.79 Å². The SMILES string of the molecule is CNCCC1CCN(C(=O)c2cccc(OC)c2OC)CC1.Cl. The first kappa shape index (κ1) is 19.6. The van der Waals surface area contributed by atoms with Crippen LogP contribution in [0.25, 0.3) is 0 Å². The number of nitrogens with zero attached hydrogens (tertiary/aromatic N) is 1. The van der Waals surface area contributed by atoms with Crippen LogP contribution in [0.1, 0.15) is 29.6 Å². The highest BCUT2D eigenvalue weighted by Gasteiger charge is 2.26. The van der Waals surface area contributed by atoms with Gasteiger partial charge in [-0.05, 0) is 50.9 Å². The Morgan fingerprint density at radius 2 is 1.96 bits per heavy atom. The standard InChI is InChI=1S/C17H26N2O3.ClH/c1-18-10-7-13-8-11-19(12-9-13)17(20)14-5-4-6-15(21-2)16(14)22-3;/h4-6,13,18H,7-12H2,1-3H3;1H. The van der Waals surface area contributed by atoms with Gasteiger partial charge in [-0.15, -0.1) is 12.4 Å². The molecule has 1 fully saturated rings. The lowest BCUT2D eigenvalue weighted by Crippen LogP contribution is -2.39. The minimum atomic E-state index is 0. The number of ether oxygens (including phenoxy) is 2. The van der Waals surface area contributed by atoms with Crippen molar-refractivity contribution in [2.45, 2.75) is 19.3 Å². The van der Waals surface area contributed by atoms with Crippen molar-refractivity contribution < 1.29 is 14.3 Å². The molecule has 0 atom stereocenters. The fraction of sp³-hybridized carbons (Fsp3) is 0.588. The van der Waals surface area contributed by atoms with Crippen LogP contribution in [0.2, 0.25) is 0 Å². The number of methoxy groups -OCH3 is 2. The van der Waals surface area contributed by atoms with Gasteiger partial charge in [-0.25, -0.2) is 0 Å². The van der Waals surface area contributed by atoms with Crippen LogP contribution in [-0.2, 0) is 0 Å². The third-order valence-corrected chi connectivity index (χ3v) is 4.34. The second-order valence-electron chi connectivity index (χ2n) is 5.67. The average molecular weight is 343 g/mol. The maximum atomic E-state index is 12.7. The normalized spacial score (nSPS) is 15.0. The van der Waals surface area contributed by atoms with Crippen molar-refractivity contribution in [2.24, 2.45) is 5.92 Å². The molecule has 130 valence electrons. The lowest BCUT2D eigenvalue weighted by molar-refractivity contribution is 0.0683. The summed E-state index contributed by atoms with van der Waals surface area (Å²) >= 11 is 0. The van der Waals surface area contributed by atoms with E-state index in [1.807, 2.05) is 18.0 Å². The Labute approximate surface area is 144 Å². The Hall–Kier alpha value is -1.46. The zero-order valence-corrected chi connectivity index (χ0v) is 14.9. The summed E-state index contributed by atoms with van der Waals surface area (Å²) in [6, 6.07) is 5.44. The second kappa shape index (κ2) is 9.63. The Balaban J connectivity index is 0.00000264. The number of hydrogen-bond donors (Lipinski definition) is 1. The molecule has 1 aliphatic rings. The van der Waals surface area contributed by atoms with Crippen molar-refractivity contribution in [3.05, 3.63) is 23.8 Å². The third-order valence-electron chi connectivity index (χ3n) is 4.34. The van der Waals surface area contributed by atoms with Crippen molar-refractivity contribution in [1.29, 1.82) is 0 Å². The number of carbonyl (C=O) groups is 1. The molecular formula is C17H27ClN2O3.